The Bertz CT molecular complexity index is 1100. The lowest BCUT2D eigenvalue weighted by atomic mass is 9.66. The fourth-order valence-corrected chi connectivity index (χ4v) is 6.37. The predicted octanol–water partition coefficient (Wildman–Crippen LogP) is 4.37. The molecule has 10 heteroatoms. The summed E-state index contributed by atoms with van der Waals surface area (Å²) in [7, 11) is 0. The van der Waals surface area contributed by atoms with Gasteiger partial charge in [0.15, 0.2) is 0 Å². The lowest BCUT2D eigenvalue weighted by molar-refractivity contribution is -0.157. The van der Waals surface area contributed by atoms with Gasteiger partial charge in [-0.15, -0.1) is 0 Å². The minimum absolute atomic E-state index is 0.135. The van der Waals surface area contributed by atoms with Crippen molar-refractivity contribution in [2.45, 2.75) is 103 Å². The zero-order valence-corrected chi connectivity index (χ0v) is 26.3. The third-order valence-corrected chi connectivity index (χ3v) is 8.90. The number of carbonyl (C=O) groups excluding carboxylic acids is 3. The summed E-state index contributed by atoms with van der Waals surface area (Å²) in [5.41, 5.74) is -2.44. The third kappa shape index (κ3) is 7.73. The van der Waals surface area contributed by atoms with Crippen molar-refractivity contribution in [3.05, 3.63) is 34.9 Å². The number of hydrogen-bond donors (Lipinski definition) is 4. The van der Waals surface area contributed by atoms with E-state index in [4.69, 9.17) is 16.3 Å². The van der Waals surface area contributed by atoms with Crippen LogP contribution in [0, 0.1) is 17.3 Å². The summed E-state index contributed by atoms with van der Waals surface area (Å²) in [5, 5.41) is 27.9. The Balaban J connectivity index is 1.69. The van der Waals surface area contributed by atoms with Crippen LogP contribution in [0.2, 0.25) is 5.02 Å². The van der Waals surface area contributed by atoms with Crippen LogP contribution < -0.4 is 10.6 Å². The molecular weight excluding hydrogens is 546 g/mol. The number of hydrogen-bond acceptors (Lipinski definition) is 6. The lowest BCUT2D eigenvalue weighted by Crippen LogP contribution is -2.60. The van der Waals surface area contributed by atoms with Crippen molar-refractivity contribution in [1.82, 2.24) is 15.5 Å². The summed E-state index contributed by atoms with van der Waals surface area (Å²) in [5.74, 6) is -0.990. The summed E-state index contributed by atoms with van der Waals surface area (Å²) >= 11 is 6.06. The summed E-state index contributed by atoms with van der Waals surface area (Å²) in [4.78, 5) is 41.5. The number of nitrogens with zero attached hydrogens (tertiary/aromatic N) is 1. The van der Waals surface area contributed by atoms with Gasteiger partial charge in [0.2, 0.25) is 11.8 Å². The summed E-state index contributed by atoms with van der Waals surface area (Å²) < 4.78 is 5.42. The van der Waals surface area contributed by atoms with Crippen LogP contribution in [0.15, 0.2) is 24.3 Å². The Morgan fingerprint density at radius 3 is 2.32 bits per heavy atom. The smallest absolute Gasteiger partial charge is 0.408 e. The van der Waals surface area contributed by atoms with E-state index in [1.54, 1.807) is 37.8 Å². The number of benzene rings is 1. The Kier molecular flexibility index (Phi) is 10.1. The van der Waals surface area contributed by atoms with E-state index in [-0.39, 0.29) is 24.3 Å². The Hall–Kier alpha value is -2.36. The van der Waals surface area contributed by atoms with E-state index in [2.05, 4.69) is 10.6 Å². The van der Waals surface area contributed by atoms with Crippen molar-refractivity contribution >= 4 is 29.5 Å². The number of aliphatic hydroxyl groups excluding tert-OH is 1. The average Bonchev–Trinajstić information content (AvgIpc) is 3.26. The molecular formula is C31H48ClN3O6. The number of likely N-dealkylation sites (tertiary alicyclic amines) is 1. The standard InChI is InChI=1S/C31H48ClN3O6/c1-20(2)24(26(38)35-16-14-31(40,29(6,7)19-35)22-8-10-23(32)11-9-22)33-25(37)21-12-13-30(18-21,15-17-36)34-27(39)41-28(3,4)5/h8-11,20-21,24,36,40H,12-19H2,1-7H3,(H,33,37)(H,34,39). The fraction of sp³-hybridized carbons (Fsp3) is 0.710. The zero-order chi connectivity index (χ0) is 30.8. The molecule has 1 aliphatic heterocycles. The van der Waals surface area contributed by atoms with E-state index < -0.39 is 40.2 Å². The molecule has 0 bridgehead atoms. The van der Waals surface area contributed by atoms with E-state index in [0.29, 0.717) is 50.2 Å². The highest BCUT2D eigenvalue weighted by Crippen LogP contribution is 2.46. The van der Waals surface area contributed by atoms with Crippen molar-refractivity contribution in [3.8, 4) is 0 Å². The molecule has 1 heterocycles. The molecule has 0 aromatic heterocycles. The molecule has 2 fully saturated rings. The maximum atomic E-state index is 13.8. The molecule has 4 atom stereocenters. The van der Waals surface area contributed by atoms with Crippen LogP contribution in [0.5, 0.6) is 0 Å². The summed E-state index contributed by atoms with van der Waals surface area (Å²) in [6.45, 7) is 13.6. The van der Waals surface area contributed by atoms with Crippen molar-refractivity contribution in [2.75, 3.05) is 19.7 Å². The van der Waals surface area contributed by atoms with Gasteiger partial charge in [0.25, 0.3) is 0 Å². The molecule has 2 aliphatic rings. The summed E-state index contributed by atoms with van der Waals surface area (Å²) in [6, 6.07) is 6.44. The molecule has 4 unspecified atom stereocenters. The molecule has 1 aromatic rings. The second kappa shape index (κ2) is 12.5. The van der Waals surface area contributed by atoms with E-state index in [1.807, 2.05) is 39.8 Å². The number of rotatable bonds is 8. The largest absolute Gasteiger partial charge is 0.444 e. The van der Waals surface area contributed by atoms with Crippen molar-refractivity contribution in [2.24, 2.45) is 17.3 Å². The van der Waals surface area contributed by atoms with Crippen LogP contribution in [-0.2, 0) is 19.9 Å². The van der Waals surface area contributed by atoms with Gasteiger partial charge in [-0.25, -0.2) is 4.79 Å². The number of amides is 3. The lowest BCUT2D eigenvalue weighted by Gasteiger charge is -2.51. The molecule has 1 saturated carbocycles. The third-order valence-electron chi connectivity index (χ3n) is 8.65. The maximum absolute atomic E-state index is 13.8. The van der Waals surface area contributed by atoms with Gasteiger partial charge in [0.05, 0.1) is 5.60 Å². The number of aliphatic hydroxyl groups is 2. The molecule has 41 heavy (non-hydrogen) atoms. The van der Waals surface area contributed by atoms with Gasteiger partial charge in [-0.1, -0.05) is 51.4 Å². The zero-order valence-electron chi connectivity index (χ0n) is 25.6. The normalized spacial score (nSPS) is 26.9. The van der Waals surface area contributed by atoms with E-state index >= 15 is 0 Å². The molecule has 3 rings (SSSR count). The number of alkyl carbamates (subject to hydrolysis) is 1. The van der Waals surface area contributed by atoms with Crippen molar-refractivity contribution in [3.63, 3.8) is 0 Å². The number of halogens is 1. The van der Waals surface area contributed by atoms with Crippen LogP contribution in [-0.4, -0.2) is 69.9 Å². The van der Waals surface area contributed by atoms with Crippen molar-refractivity contribution < 1.29 is 29.3 Å². The summed E-state index contributed by atoms with van der Waals surface area (Å²) in [6.07, 6.45) is 1.48. The van der Waals surface area contributed by atoms with Gasteiger partial charge < -0.3 is 30.5 Å². The maximum Gasteiger partial charge on any atom is 0.408 e. The first-order chi connectivity index (χ1) is 18.9. The monoisotopic (exact) mass is 593 g/mol. The second-order valence-corrected chi connectivity index (χ2v) is 14.2. The SMILES string of the molecule is CC(C)C(NC(=O)C1CCC(CCO)(NC(=O)OC(C)(C)C)C1)C(=O)N1CCC(O)(c2ccc(Cl)cc2)C(C)(C)C1. The molecule has 3 amide bonds. The minimum atomic E-state index is -1.13. The molecule has 4 N–H and O–H groups in total. The number of nitrogens with one attached hydrogen (secondary N) is 2. The molecule has 1 saturated heterocycles. The molecule has 230 valence electrons. The van der Waals surface area contributed by atoms with Crippen LogP contribution in [0.25, 0.3) is 0 Å². The fourth-order valence-electron chi connectivity index (χ4n) is 6.24. The van der Waals surface area contributed by atoms with E-state index in [1.165, 1.54) is 0 Å². The van der Waals surface area contributed by atoms with Crippen LogP contribution in [0.4, 0.5) is 4.79 Å². The molecule has 1 aliphatic carbocycles. The first kappa shape index (κ1) is 33.1. The highest BCUT2D eigenvalue weighted by Gasteiger charge is 2.51. The van der Waals surface area contributed by atoms with Gasteiger partial charge in [-0.2, -0.15) is 0 Å². The Morgan fingerprint density at radius 2 is 1.78 bits per heavy atom. The highest BCUT2D eigenvalue weighted by atomic mass is 35.5. The molecule has 0 radical (unpaired) electrons. The topological polar surface area (TPSA) is 128 Å². The quantitative estimate of drug-likeness (QED) is 0.354. The number of ether oxygens (including phenoxy) is 1. The minimum Gasteiger partial charge on any atom is -0.444 e. The Morgan fingerprint density at radius 1 is 1.15 bits per heavy atom. The first-order valence-electron chi connectivity index (χ1n) is 14.6. The first-order valence-corrected chi connectivity index (χ1v) is 15.0. The number of carbonyl (C=O) groups is 3. The van der Waals surface area contributed by atoms with Gasteiger partial charge in [0, 0.05) is 41.6 Å². The van der Waals surface area contributed by atoms with Gasteiger partial charge in [-0.3, -0.25) is 9.59 Å². The van der Waals surface area contributed by atoms with Crippen LogP contribution in [0.3, 0.4) is 0 Å². The average molecular weight is 594 g/mol. The van der Waals surface area contributed by atoms with Gasteiger partial charge >= 0.3 is 6.09 Å². The predicted molar refractivity (Wildman–Crippen MR) is 158 cm³/mol. The van der Waals surface area contributed by atoms with Crippen LogP contribution >= 0.6 is 11.6 Å². The van der Waals surface area contributed by atoms with Crippen molar-refractivity contribution in [1.29, 1.82) is 0 Å². The highest BCUT2D eigenvalue weighted by molar-refractivity contribution is 6.30. The van der Waals surface area contributed by atoms with Gasteiger partial charge in [0.1, 0.15) is 11.6 Å². The second-order valence-electron chi connectivity index (χ2n) is 13.8. The number of piperidine rings is 1. The van der Waals surface area contributed by atoms with E-state index in [9.17, 15) is 24.6 Å². The van der Waals surface area contributed by atoms with E-state index in [0.717, 1.165) is 5.56 Å². The van der Waals surface area contributed by atoms with Crippen LogP contribution in [0.1, 0.15) is 86.1 Å². The van der Waals surface area contributed by atoms with Gasteiger partial charge in [-0.05, 0) is 76.5 Å². The molecule has 0 spiro atoms. The molecule has 9 nitrogen and oxygen atoms in total. The molecule has 1 aromatic carbocycles. The Labute approximate surface area is 249 Å².